The summed E-state index contributed by atoms with van der Waals surface area (Å²) in [4.78, 5) is 23.4. The van der Waals surface area contributed by atoms with E-state index >= 15 is 0 Å². The summed E-state index contributed by atoms with van der Waals surface area (Å²) in [6, 6.07) is -1.16. The fraction of sp³-hybridized carbons (Fsp3) is 0.750. The Morgan fingerprint density at radius 2 is 2.21 bits per heavy atom. The van der Waals surface area contributed by atoms with Crippen LogP contribution in [0.5, 0.6) is 0 Å². The number of carbonyl (C=O) groups excluding carboxylic acids is 1. The minimum atomic E-state index is -0.992. The van der Waals surface area contributed by atoms with Crippen molar-refractivity contribution in [3.8, 4) is 0 Å². The molecule has 1 aliphatic rings. The fourth-order valence-corrected chi connectivity index (χ4v) is 1.57. The van der Waals surface area contributed by atoms with E-state index in [0.29, 0.717) is 13.0 Å². The molecule has 0 saturated carbocycles. The number of aliphatic carboxylic acids is 1. The third kappa shape index (κ3) is 1.95. The third-order valence-corrected chi connectivity index (χ3v) is 2.36. The summed E-state index contributed by atoms with van der Waals surface area (Å²) in [6.45, 7) is 0.327. The van der Waals surface area contributed by atoms with Crippen molar-refractivity contribution in [2.75, 3.05) is 20.7 Å². The van der Waals surface area contributed by atoms with Gasteiger partial charge in [0.15, 0.2) is 0 Å². The second-order valence-electron chi connectivity index (χ2n) is 3.15. The van der Waals surface area contributed by atoms with Gasteiger partial charge >= 0.3 is 12.0 Å². The van der Waals surface area contributed by atoms with Crippen LogP contribution in [0.2, 0.25) is 0 Å². The number of nitrogens with zero attached hydrogens (tertiary/aromatic N) is 1. The largest absolute Gasteiger partial charge is 0.480 e. The lowest BCUT2D eigenvalue weighted by Crippen LogP contribution is -2.45. The first-order valence-electron chi connectivity index (χ1n) is 4.34. The van der Waals surface area contributed by atoms with Gasteiger partial charge in [-0.05, 0) is 0 Å². The van der Waals surface area contributed by atoms with Crippen LogP contribution in [0.3, 0.4) is 0 Å². The van der Waals surface area contributed by atoms with Crippen molar-refractivity contribution >= 4 is 12.0 Å². The Morgan fingerprint density at radius 1 is 1.57 bits per heavy atom. The Kier molecular flexibility index (Phi) is 3.29. The average molecular weight is 202 g/mol. The summed E-state index contributed by atoms with van der Waals surface area (Å²) >= 11 is 0. The Bertz CT molecular complexity index is 243. The van der Waals surface area contributed by atoms with E-state index in [1.165, 1.54) is 19.1 Å². The molecular weight excluding hydrogens is 188 g/mol. The highest BCUT2D eigenvalue weighted by atomic mass is 16.5. The molecule has 1 fully saturated rings. The maximum absolute atomic E-state index is 11.3. The number of ether oxygens (including phenoxy) is 1. The second kappa shape index (κ2) is 4.28. The van der Waals surface area contributed by atoms with Gasteiger partial charge in [0, 0.05) is 27.1 Å². The zero-order chi connectivity index (χ0) is 10.7. The Hall–Kier alpha value is -1.30. The molecule has 0 bridgehead atoms. The molecular formula is C8H14N2O4. The molecule has 2 atom stereocenters. The number of hydrogen-bond acceptors (Lipinski definition) is 3. The van der Waals surface area contributed by atoms with E-state index in [-0.39, 0.29) is 12.1 Å². The molecule has 2 unspecified atom stereocenters. The van der Waals surface area contributed by atoms with Crippen molar-refractivity contribution in [3.05, 3.63) is 0 Å². The molecule has 0 spiro atoms. The van der Waals surface area contributed by atoms with Gasteiger partial charge in [0.1, 0.15) is 6.04 Å². The van der Waals surface area contributed by atoms with Gasteiger partial charge in [-0.15, -0.1) is 0 Å². The van der Waals surface area contributed by atoms with Crippen LogP contribution in [0.25, 0.3) is 0 Å². The molecule has 0 aliphatic carbocycles. The van der Waals surface area contributed by atoms with Crippen molar-refractivity contribution in [2.45, 2.75) is 18.6 Å². The summed E-state index contributed by atoms with van der Waals surface area (Å²) in [7, 11) is 2.98. The molecule has 0 aromatic rings. The minimum Gasteiger partial charge on any atom is -0.480 e. The van der Waals surface area contributed by atoms with E-state index in [0.717, 1.165) is 0 Å². The first-order chi connectivity index (χ1) is 6.60. The second-order valence-corrected chi connectivity index (χ2v) is 3.15. The quantitative estimate of drug-likeness (QED) is 0.632. The number of amides is 2. The number of carboxylic acid groups (broad SMARTS) is 1. The number of hydrogen-bond donors (Lipinski definition) is 2. The lowest BCUT2D eigenvalue weighted by Gasteiger charge is -2.20. The Morgan fingerprint density at radius 3 is 2.64 bits per heavy atom. The Labute approximate surface area is 81.8 Å². The Balaban J connectivity index is 2.71. The molecule has 1 aliphatic heterocycles. The van der Waals surface area contributed by atoms with Crippen LogP contribution in [-0.2, 0) is 9.53 Å². The van der Waals surface area contributed by atoms with Gasteiger partial charge in [0.2, 0.25) is 0 Å². The summed E-state index contributed by atoms with van der Waals surface area (Å²) in [5.74, 6) is -0.992. The molecule has 0 aromatic carbocycles. The van der Waals surface area contributed by atoms with Gasteiger partial charge in [-0.1, -0.05) is 0 Å². The molecule has 2 N–H and O–H groups in total. The lowest BCUT2D eigenvalue weighted by atomic mass is 10.2. The van der Waals surface area contributed by atoms with Crippen molar-refractivity contribution < 1.29 is 19.4 Å². The first-order valence-corrected chi connectivity index (χ1v) is 4.34. The van der Waals surface area contributed by atoms with Gasteiger partial charge < -0.3 is 20.1 Å². The van der Waals surface area contributed by atoms with Crippen LogP contribution < -0.4 is 5.32 Å². The zero-order valence-corrected chi connectivity index (χ0v) is 8.19. The van der Waals surface area contributed by atoms with Gasteiger partial charge in [-0.25, -0.2) is 9.59 Å². The predicted molar refractivity (Wildman–Crippen MR) is 48.0 cm³/mol. The van der Waals surface area contributed by atoms with Crippen LogP contribution in [0.15, 0.2) is 0 Å². The minimum absolute atomic E-state index is 0.187. The zero-order valence-electron chi connectivity index (χ0n) is 8.19. The molecule has 1 saturated heterocycles. The van der Waals surface area contributed by atoms with E-state index in [1.807, 2.05) is 0 Å². The highest BCUT2D eigenvalue weighted by Gasteiger charge is 2.39. The number of carboxylic acids is 1. The summed E-state index contributed by atoms with van der Waals surface area (Å²) in [6.07, 6.45) is 0.160. The molecule has 14 heavy (non-hydrogen) atoms. The van der Waals surface area contributed by atoms with E-state index in [1.54, 1.807) is 0 Å². The summed E-state index contributed by atoms with van der Waals surface area (Å²) < 4.78 is 5.03. The SMILES string of the molecule is CNC(=O)N1CC(OC)CC1C(=O)O. The van der Waals surface area contributed by atoms with Gasteiger partial charge in [-0.3, -0.25) is 0 Å². The molecule has 0 aromatic heterocycles. The number of rotatable bonds is 2. The van der Waals surface area contributed by atoms with Gasteiger partial charge in [0.25, 0.3) is 0 Å². The summed E-state index contributed by atoms with van der Waals surface area (Å²) in [5, 5.41) is 11.3. The normalized spacial score (nSPS) is 26.3. The number of methoxy groups -OCH3 is 1. The van der Waals surface area contributed by atoms with Crippen LogP contribution in [0.1, 0.15) is 6.42 Å². The molecule has 6 heteroatoms. The van der Waals surface area contributed by atoms with Crippen LogP contribution in [-0.4, -0.2) is 54.9 Å². The number of urea groups is 1. The monoisotopic (exact) mass is 202 g/mol. The predicted octanol–water partition coefficient (Wildman–Crippen LogP) is -0.500. The molecule has 1 rings (SSSR count). The highest BCUT2D eigenvalue weighted by molar-refractivity contribution is 5.83. The molecule has 2 amide bonds. The van der Waals surface area contributed by atoms with Crippen LogP contribution in [0, 0.1) is 0 Å². The van der Waals surface area contributed by atoms with E-state index < -0.39 is 12.0 Å². The molecule has 80 valence electrons. The first kappa shape index (κ1) is 10.8. The van der Waals surface area contributed by atoms with Crippen molar-refractivity contribution in [2.24, 2.45) is 0 Å². The maximum Gasteiger partial charge on any atom is 0.326 e. The molecule has 1 heterocycles. The van der Waals surface area contributed by atoms with E-state index in [9.17, 15) is 9.59 Å². The summed E-state index contributed by atoms with van der Waals surface area (Å²) in [5.41, 5.74) is 0. The molecule has 0 radical (unpaired) electrons. The maximum atomic E-state index is 11.3. The van der Waals surface area contributed by atoms with Gasteiger partial charge in [0.05, 0.1) is 6.10 Å². The number of likely N-dealkylation sites (tertiary alicyclic amines) is 1. The van der Waals surface area contributed by atoms with Gasteiger partial charge in [-0.2, -0.15) is 0 Å². The third-order valence-electron chi connectivity index (χ3n) is 2.36. The van der Waals surface area contributed by atoms with Crippen LogP contribution >= 0.6 is 0 Å². The lowest BCUT2D eigenvalue weighted by molar-refractivity contribution is -0.141. The standard InChI is InChI=1S/C8H14N2O4/c1-9-8(13)10-4-5(14-2)3-6(10)7(11)12/h5-6H,3-4H2,1-2H3,(H,9,13)(H,11,12). The van der Waals surface area contributed by atoms with Crippen molar-refractivity contribution in [3.63, 3.8) is 0 Å². The fourth-order valence-electron chi connectivity index (χ4n) is 1.57. The van der Waals surface area contributed by atoms with E-state index in [4.69, 9.17) is 9.84 Å². The highest BCUT2D eigenvalue weighted by Crippen LogP contribution is 2.19. The van der Waals surface area contributed by atoms with Crippen molar-refractivity contribution in [1.82, 2.24) is 10.2 Å². The number of carbonyl (C=O) groups is 2. The number of nitrogens with one attached hydrogen (secondary N) is 1. The smallest absolute Gasteiger partial charge is 0.326 e. The average Bonchev–Trinajstić information content (AvgIpc) is 2.60. The molecule has 6 nitrogen and oxygen atoms in total. The topological polar surface area (TPSA) is 78.9 Å². The van der Waals surface area contributed by atoms with E-state index in [2.05, 4.69) is 5.32 Å². The van der Waals surface area contributed by atoms with Crippen LogP contribution in [0.4, 0.5) is 4.79 Å². The van der Waals surface area contributed by atoms with Crippen molar-refractivity contribution in [1.29, 1.82) is 0 Å².